The zero-order chi connectivity index (χ0) is 11.7. The van der Waals surface area contributed by atoms with Gasteiger partial charge in [-0.1, -0.05) is 42.0 Å². The predicted molar refractivity (Wildman–Crippen MR) is 65.8 cm³/mol. The van der Waals surface area contributed by atoms with Gasteiger partial charge in [-0.15, -0.1) is 0 Å². The lowest BCUT2D eigenvalue weighted by molar-refractivity contribution is 0.0597. The van der Waals surface area contributed by atoms with Crippen LogP contribution in [0, 0.1) is 11.8 Å². The van der Waals surface area contributed by atoms with Crippen LogP contribution in [0.4, 0.5) is 0 Å². The van der Waals surface area contributed by atoms with E-state index in [-0.39, 0.29) is 26.1 Å². The molecule has 0 unspecified atom stereocenters. The van der Waals surface area contributed by atoms with Crippen LogP contribution >= 0.6 is 0 Å². The molecule has 0 aliphatic carbocycles. The highest BCUT2D eigenvalue weighted by Crippen LogP contribution is 2.02. The van der Waals surface area contributed by atoms with E-state index in [4.69, 9.17) is 15.3 Å². The van der Waals surface area contributed by atoms with Crippen molar-refractivity contribution in [2.75, 3.05) is 6.61 Å². The minimum atomic E-state index is -0.542. The summed E-state index contributed by atoms with van der Waals surface area (Å²) in [5.74, 6) is 0.593. The Balaban J connectivity index is -0.000000180. The second-order valence-corrected chi connectivity index (χ2v) is 4.21. The van der Waals surface area contributed by atoms with Crippen LogP contribution in [0.25, 0.3) is 0 Å². The van der Waals surface area contributed by atoms with Gasteiger partial charge >= 0.3 is 0 Å². The van der Waals surface area contributed by atoms with Gasteiger partial charge in [0, 0.05) is 0 Å². The first-order valence-corrected chi connectivity index (χ1v) is 5.33. The quantitative estimate of drug-likeness (QED) is 0.682. The maximum Gasteiger partial charge on any atom is 0.0793 e. The monoisotopic (exact) mass is 222 g/mol. The highest BCUT2D eigenvalue weighted by Gasteiger charge is 2.04. The number of rotatable bonds is 4. The fourth-order valence-corrected chi connectivity index (χ4v) is 0.682. The van der Waals surface area contributed by atoms with Crippen LogP contribution in [0.3, 0.4) is 0 Å². The van der Waals surface area contributed by atoms with Gasteiger partial charge in [0.05, 0.1) is 18.8 Å². The van der Waals surface area contributed by atoms with Gasteiger partial charge in [-0.2, -0.15) is 0 Å². The Bertz CT molecular complexity index is 99.4. The van der Waals surface area contributed by atoms with Gasteiger partial charge in [-0.25, -0.2) is 0 Å². The van der Waals surface area contributed by atoms with Gasteiger partial charge in [0.2, 0.25) is 0 Å². The second-order valence-electron chi connectivity index (χ2n) is 4.21. The van der Waals surface area contributed by atoms with Gasteiger partial charge in [0.25, 0.3) is 0 Å². The SMILES string of the molecule is C.CC(C)[C@H](O)CO.CC[C@H](O)C(C)C. The molecular weight excluding hydrogens is 192 g/mol. The van der Waals surface area contributed by atoms with E-state index in [2.05, 4.69) is 0 Å². The summed E-state index contributed by atoms with van der Waals surface area (Å²) in [6.45, 7) is 9.63. The van der Waals surface area contributed by atoms with Crippen molar-refractivity contribution in [3.05, 3.63) is 0 Å². The molecule has 0 amide bonds. The van der Waals surface area contributed by atoms with E-state index in [0.717, 1.165) is 6.42 Å². The zero-order valence-electron chi connectivity index (χ0n) is 10.1. The van der Waals surface area contributed by atoms with Crippen LogP contribution in [0.2, 0.25) is 0 Å². The van der Waals surface area contributed by atoms with Gasteiger partial charge in [-0.3, -0.25) is 0 Å². The molecule has 3 heteroatoms. The van der Waals surface area contributed by atoms with Crippen LogP contribution in [0.15, 0.2) is 0 Å². The highest BCUT2D eigenvalue weighted by molar-refractivity contribution is 4.55. The van der Waals surface area contributed by atoms with E-state index in [1.165, 1.54) is 0 Å². The minimum Gasteiger partial charge on any atom is -0.394 e. The molecule has 0 fully saturated rings. The van der Waals surface area contributed by atoms with Crippen molar-refractivity contribution in [2.45, 2.75) is 60.7 Å². The maximum atomic E-state index is 8.94. The molecule has 2 atom stereocenters. The maximum absolute atomic E-state index is 8.94. The molecule has 3 N–H and O–H groups in total. The third-order valence-electron chi connectivity index (χ3n) is 2.14. The molecule has 0 aromatic carbocycles. The fourth-order valence-electron chi connectivity index (χ4n) is 0.682. The zero-order valence-corrected chi connectivity index (χ0v) is 10.1. The summed E-state index contributed by atoms with van der Waals surface area (Å²) in [6, 6.07) is 0. The molecule has 0 aromatic heterocycles. The van der Waals surface area contributed by atoms with Gasteiger partial charge < -0.3 is 15.3 Å². The summed E-state index contributed by atoms with van der Waals surface area (Å²) in [5.41, 5.74) is 0. The Labute approximate surface area is 95.1 Å². The standard InChI is InChI=1S/C6H14O.C5H12O2.CH4/c1-4-6(7)5(2)3;1-4(2)5(7)3-6;/h5-7H,4H2,1-3H3;4-7H,3H2,1-2H3;1H4/t6-;5-;/m01./s1. The predicted octanol–water partition coefficient (Wildman–Crippen LogP) is 2.04. The molecule has 3 nitrogen and oxygen atoms in total. The van der Waals surface area contributed by atoms with Crippen molar-refractivity contribution < 1.29 is 15.3 Å². The van der Waals surface area contributed by atoms with Crippen molar-refractivity contribution >= 4 is 0 Å². The van der Waals surface area contributed by atoms with Gasteiger partial charge in [0.15, 0.2) is 0 Å². The number of hydrogen-bond acceptors (Lipinski definition) is 3. The lowest BCUT2D eigenvalue weighted by atomic mass is 10.1. The molecular formula is C12H30O3. The first-order valence-electron chi connectivity index (χ1n) is 5.33. The number of hydrogen-bond donors (Lipinski definition) is 3. The van der Waals surface area contributed by atoms with Crippen LogP contribution < -0.4 is 0 Å². The van der Waals surface area contributed by atoms with E-state index in [1.54, 1.807) is 0 Å². The average Bonchev–Trinajstić information content (AvgIpc) is 2.15. The summed E-state index contributed by atoms with van der Waals surface area (Å²) in [7, 11) is 0. The molecule has 0 aliphatic heterocycles. The Morgan fingerprint density at radius 3 is 1.20 bits per heavy atom. The minimum absolute atomic E-state index is 0. The molecule has 0 bridgehead atoms. The highest BCUT2D eigenvalue weighted by atomic mass is 16.3. The van der Waals surface area contributed by atoms with E-state index in [9.17, 15) is 0 Å². The van der Waals surface area contributed by atoms with Gasteiger partial charge in [-0.05, 0) is 18.3 Å². The molecule has 0 rings (SSSR count). The van der Waals surface area contributed by atoms with Crippen LogP contribution in [-0.2, 0) is 0 Å². The normalized spacial score (nSPS) is 14.0. The molecule has 0 saturated heterocycles. The van der Waals surface area contributed by atoms with Crippen LogP contribution in [0.1, 0.15) is 48.5 Å². The third-order valence-corrected chi connectivity index (χ3v) is 2.14. The van der Waals surface area contributed by atoms with Crippen molar-refractivity contribution in [2.24, 2.45) is 11.8 Å². The summed E-state index contributed by atoms with van der Waals surface area (Å²) >= 11 is 0. The van der Waals surface area contributed by atoms with Crippen LogP contribution in [-0.4, -0.2) is 34.1 Å². The van der Waals surface area contributed by atoms with E-state index in [1.807, 2.05) is 34.6 Å². The summed E-state index contributed by atoms with van der Waals surface area (Å²) in [5, 5.41) is 25.9. The third kappa shape index (κ3) is 13.9. The first kappa shape index (κ1) is 20.3. The molecule has 0 aromatic rings. The topological polar surface area (TPSA) is 60.7 Å². The molecule has 0 heterocycles. The number of aliphatic hydroxyl groups is 3. The second kappa shape index (κ2) is 12.0. The number of aliphatic hydroxyl groups excluding tert-OH is 3. The summed E-state index contributed by atoms with van der Waals surface area (Å²) in [6.07, 6.45) is 0.234. The first-order chi connectivity index (χ1) is 6.36. The van der Waals surface area contributed by atoms with Crippen molar-refractivity contribution in [1.82, 2.24) is 0 Å². The largest absolute Gasteiger partial charge is 0.394 e. The molecule has 0 spiro atoms. The molecule has 0 aliphatic rings. The van der Waals surface area contributed by atoms with E-state index < -0.39 is 6.10 Å². The lowest BCUT2D eigenvalue weighted by Gasteiger charge is -2.09. The Hall–Kier alpha value is -0.120. The molecule has 0 radical (unpaired) electrons. The molecule has 0 saturated carbocycles. The Morgan fingerprint density at radius 1 is 0.867 bits per heavy atom. The van der Waals surface area contributed by atoms with E-state index >= 15 is 0 Å². The molecule has 15 heavy (non-hydrogen) atoms. The van der Waals surface area contributed by atoms with Crippen molar-refractivity contribution in [1.29, 1.82) is 0 Å². The lowest BCUT2D eigenvalue weighted by Crippen LogP contribution is -2.18. The van der Waals surface area contributed by atoms with E-state index in [0.29, 0.717) is 5.92 Å². The van der Waals surface area contributed by atoms with Gasteiger partial charge in [0.1, 0.15) is 0 Å². The van der Waals surface area contributed by atoms with Crippen molar-refractivity contribution in [3.63, 3.8) is 0 Å². The summed E-state index contributed by atoms with van der Waals surface area (Å²) < 4.78 is 0. The Morgan fingerprint density at radius 2 is 1.20 bits per heavy atom. The average molecular weight is 222 g/mol. The fraction of sp³-hybridized carbons (Fsp3) is 1.00. The summed E-state index contributed by atoms with van der Waals surface area (Å²) in [4.78, 5) is 0. The van der Waals surface area contributed by atoms with Crippen LogP contribution in [0.5, 0.6) is 0 Å². The molecule has 96 valence electrons. The van der Waals surface area contributed by atoms with Crippen molar-refractivity contribution in [3.8, 4) is 0 Å². The Kier molecular flexibility index (Phi) is 16.2. The smallest absolute Gasteiger partial charge is 0.0793 e.